The van der Waals surface area contributed by atoms with Crippen molar-refractivity contribution in [1.29, 1.82) is 0 Å². The third kappa shape index (κ3) is 10.6. The highest BCUT2D eigenvalue weighted by Gasteiger charge is 2.31. The van der Waals surface area contributed by atoms with E-state index >= 15 is 0 Å². The van der Waals surface area contributed by atoms with Gasteiger partial charge in [0, 0.05) is 0 Å². The molecule has 0 saturated carbocycles. The van der Waals surface area contributed by atoms with Gasteiger partial charge < -0.3 is 20.5 Å². The molecule has 1 aliphatic carbocycles. The van der Waals surface area contributed by atoms with Crippen LogP contribution in [-0.2, 0) is 14.3 Å². The van der Waals surface area contributed by atoms with Crippen molar-refractivity contribution in [1.82, 2.24) is 5.32 Å². The number of carbonyl (C=O) groups excluding carboxylic acids is 2. The number of alkyl carbamates (subject to hydrolysis) is 1. The standard InChI is InChI=1S/C14H24N2O4.C3H6.C2H6/c1-8-9(6-10(15)12(17)19-5)7-11(8)16-13(18)20-14(2,3)4;1-3-2;1-2/h10-11H,6-7,15H2,1-5H3,(H,16,18);3H,1H2,2H3;1-2H3. The normalized spacial score (nSPS) is 16.8. The van der Waals surface area contributed by atoms with Crippen LogP contribution >= 0.6 is 0 Å². The van der Waals surface area contributed by atoms with Crippen LogP contribution in [0.25, 0.3) is 0 Å². The summed E-state index contributed by atoms with van der Waals surface area (Å²) in [6, 6.07) is -0.683. The predicted octanol–water partition coefficient (Wildman–Crippen LogP) is 3.71. The van der Waals surface area contributed by atoms with Gasteiger partial charge in [0.1, 0.15) is 11.6 Å². The molecule has 146 valence electrons. The molecule has 0 aliphatic heterocycles. The highest BCUT2D eigenvalue weighted by molar-refractivity contribution is 5.76. The Morgan fingerprint density at radius 3 is 2.24 bits per heavy atom. The summed E-state index contributed by atoms with van der Waals surface area (Å²) in [6.45, 7) is 16.6. The number of rotatable bonds is 4. The number of esters is 1. The van der Waals surface area contributed by atoms with Crippen molar-refractivity contribution in [2.45, 2.75) is 79.0 Å². The Hall–Kier alpha value is -1.82. The number of allylic oxidation sites excluding steroid dienone is 1. The fraction of sp³-hybridized carbons (Fsp3) is 0.684. The molecule has 25 heavy (non-hydrogen) atoms. The lowest BCUT2D eigenvalue weighted by Crippen LogP contribution is -2.45. The van der Waals surface area contributed by atoms with Crippen molar-refractivity contribution >= 4 is 12.1 Å². The molecule has 0 bridgehead atoms. The molecule has 1 aliphatic rings. The van der Waals surface area contributed by atoms with Crippen molar-refractivity contribution < 1.29 is 19.1 Å². The Morgan fingerprint density at radius 1 is 1.40 bits per heavy atom. The van der Waals surface area contributed by atoms with Crippen LogP contribution in [0.4, 0.5) is 4.79 Å². The molecular weight excluding hydrogens is 320 g/mol. The molecule has 1 amide bonds. The van der Waals surface area contributed by atoms with E-state index in [1.54, 1.807) is 6.08 Å². The van der Waals surface area contributed by atoms with Gasteiger partial charge in [-0.25, -0.2) is 4.79 Å². The van der Waals surface area contributed by atoms with Gasteiger partial charge in [-0.1, -0.05) is 31.1 Å². The number of carbonyl (C=O) groups is 2. The van der Waals surface area contributed by atoms with Gasteiger partial charge in [0.2, 0.25) is 0 Å². The number of nitrogens with one attached hydrogen (secondary N) is 1. The number of ether oxygens (including phenoxy) is 2. The molecule has 2 unspecified atom stereocenters. The lowest BCUT2D eigenvalue weighted by atomic mass is 9.81. The van der Waals surface area contributed by atoms with Crippen molar-refractivity contribution in [3.8, 4) is 0 Å². The molecule has 0 spiro atoms. The molecule has 0 saturated heterocycles. The SMILES string of the molecule is C=CC.CC.COC(=O)C(N)CC1=C(C)C(NC(=O)OC(C)(C)C)C1. The number of hydrogen-bond acceptors (Lipinski definition) is 5. The van der Waals surface area contributed by atoms with Crippen LogP contribution < -0.4 is 11.1 Å². The van der Waals surface area contributed by atoms with E-state index < -0.39 is 23.7 Å². The molecule has 0 radical (unpaired) electrons. The average molecular weight is 357 g/mol. The zero-order chi connectivity index (χ0) is 20.2. The second kappa shape index (κ2) is 12.5. The summed E-state index contributed by atoms with van der Waals surface area (Å²) in [5.74, 6) is -0.422. The lowest BCUT2D eigenvalue weighted by molar-refractivity contribution is -0.142. The van der Waals surface area contributed by atoms with Crippen LogP contribution in [0.2, 0.25) is 0 Å². The van der Waals surface area contributed by atoms with Crippen molar-refractivity contribution in [3.05, 3.63) is 23.8 Å². The highest BCUT2D eigenvalue weighted by atomic mass is 16.6. The minimum Gasteiger partial charge on any atom is -0.468 e. The highest BCUT2D eigenvalue weighted by Crippen LogP contribution is 2.31. The van der Waals surface area contributed by atoms with Crippen LogP contribution in [0.1, 0.15) is 61.3 Å². The van der Waals surface area contributed by atoms with Gasteiger partial charge >= 0.3 is 12.1 Å². The minimum absolute atomic E-state index is 0.0373. The van der Waals surface area contributed by atoms with E-state index in [9.17, 15) is 9.59 Å². The van der Waals surface area contributed by atoms with Gasteiger partial charge in [-0.05, 0) is 47.5 Å². The van der Waals surface area contributed by atoms with Gasteiger partial charge in [0.25, 0.3) is 0 Å². The molecule has 1 rings (SSSR count). The van der Waals surface area contributed by atoms with Crippen LogP contribution in [0.5, 0.6) is 0 Å². The Labute approximate surface area is 152 Å². The van der Waals surface area contributed by atoms with Gasteiger partial charge in [0.15, 0.2) is 0 Å². The molecular formula is C19H36N2O4. The zero-order valence-corrected chi connectivity index (χ0v) is 17.1. The molecule has 2 atom stereocenters. The summed E-state index contributed by atoms with van der Waals surface area (Å²) in [5.41, 5.74) is 7.32. The Balaban J connectivity index is 0. The van der Waals surface area contributed by atoms with Gasteiger partial charge in [-0.2, -0.15) is 0 Å². The quantitative estimate of drug-likeness (QED) is 0.592. The Morgan fingerprint density at radius 2 is 1.88 bits per heavy atom. The summed E-state index contributed by atoms with van der Waals surface area (Å²) in [7, 11) is 1.32. The van der Waals surface area contributed by atoms with E-state index in [-0.39, 0.29) is 6.04 Å². The zero-order valence-electron chi connectivity index (χ0n) is 17.1. The summed E-state index contributed by atoms with van der Waals surface area (Å²) in [5, 5.41) is 2.79. The molecule has 0 heterocycles. The summed E-state index contributed by atoms with van der Waals surface area (Å²) >= 11 is 0. The van der Waals surface area contributed by atoms with E-state index in [0.717, 1.165) is 11.1 Å². The second-order valence-corrected chi connectivity index (χ2v) is 6.43. The van der Waals surface area contributed by atoms with E-state index in [1.165, 1.54) is 7.11 Å². The first kappa shape index (κ1) is 25.4. The summed E-state index contributed by atoms with van der Waals surface area (Å²) in [4.78, 5) is 22.9. The average Bonchev–Trinajstić information content (AvgIpc) is 2.53. The summed E-state index contributed by atoms with van der Waals surface area (Å²) in [6.07, 6.45) is 2.47. The molecule has 0 fully saturated rings. The number of methoxy groups -OCH3 is 1. The fourth-order valence-corrected chi connectivity index (χ4v) is 2.03. The van der Waals surface area contributed by atoms with Gasteiger partial charge in [0.05, 0.1) is 13.2 Å². The molecule has 6 heteroatoms. The summed E-state index contributed by atoms with van der Waals surface area (Å²) < 4.78 is 9.78. The first-order valence-electron chi connectivity index (χ1n) is 8.64. The maximum absolute atomic E-state index is 11.6. The maximum Gasteiger partial charge on any atom is 0.408 e. The lowest BCUT2D eigenvalue weighted by Gasteiger charge is -2.34. The Kier molecular flexibility index (Phi) is 12.7. The number of amides is 1. The molecule has 6 nitrogen and oxygen atoms in total. The van der Waals surface area contributed by atoms with Crippen LogP contribution in [-0.4, -0.2) is 36.9 Å². The van der Waals surface area contributed by atoms with Gasteiger partial charge in [-0.15, -0.1) is 6.58 Å². The topological polar surface area (TPSA) is 90.6 Å². The van der Waals surface area contributed by atoms with Crippen LogP contribution in [0.3, 0.4) is 0 Å². The monoisotopic (exact) mass is 356 g/mol. The fourth-order valence-electron chi connectivity index (χ4n) is 2.03. The first-order chi connectivity index (χ1) is 11.6. The maximum atomic E-state index is 11.6. The third-order valence-corrected chi connectivity index (χ3v) is 3.19. The largest absolute Gasteiger partial charge is 0.468 e. The van der Waals surface area contributed by atoms with Crippen LogP contribution in [0.15, 0.2) is 23.8 Å². The second-order valence-electron chi connectivity index (χ2n) is 6.43. The van der Waals surface area contributed by atoms with E-state index in [4.69, 9.17) is 10.5 Å². The molecule has 0 aromatic heterocycles. The van der Waals surface area contributed by atoms with Gasteiger partial charge in [-0.3, -0.25) is 4.79 Å². The molecule has 0 aromatic carbocycles. The van der Waals surface area contributed by atoms with E-state index in [0.29, 0.717) is 12.8 Å². The van der Waals surface area contributed by atoms with Crippen molar-refractivity contribution in [3.63, 3.8) is 0 Å². The molecule has 0 aromatic rings. The smallest absolute Gasteiger partial charge is 0.408 e. The predicted molar refractivity (Wildman–Crippen MR) is 102 cm³/mol. The number of nitrogens with two attached hydrogens (primary N) is 1. The number of hydrogen-bond donors (Lipinski definition) is 2. The van der Waals surface area contributed by atoms with Crippen molar-refractivity contribution in [2.24, 2.45) is 5.73 Å². The van der Waals surface area contributed by atoms with Crippen molar-refractivity contribution in [2.75, 3.05) is 7.11 Å². The first-order valence-corrected chi connectivity index (χ1v) is 8.64. The minimum atomic E-state index is -0.646. The van der Waals surface area contributed by atoms with E-state index in [2.05, 4.69) is 16.6 Å². The third-order valence-electron chi connectivity index (χ3n) is 3.19. The molecule has 3 N–H and O–H groups in total. The van der Waals surface area contributed by atoms with E-state index in [1.807, 2.05) is 48.5 Å². The van der Waals surface area contributed by atoms with Crippen LogP contribution in [0, 0.1) is 0 Å². The Bertz CT molecular complexity index is 465.